The molecule has 0 saturated carbocycles. The van der Waals surface area contributed by atoms with Gasteiger partial charge in [-0.1, -0.05) is 23.2 Å². The first-order valence-electron chi connectivity index (χ1n) is 6.00. The number of amides is 1. The van der Waals surface area contributed by atoms with Crippen LogP contribution in [-0.2, 0) is 4.79 Å². The Kier molecular flexibility index (Phi) is 5.67. The highest BCUT2D eigenvalue weighted by Gasteiger charge is 2.08. The smallest absolute Gasteiger partial charge is 0.225 e. The van der Waals surface area contributed by atoms with Crippen LogP contribution in [0.3, 0.4) is 0 Å². The number of anilines is 2. The lowest BCUT2D eigenvalue weighted by Crippen LogP contribution is -2.12. The molecule has 2 aromatic rings. The summed E-state index contributed by atoms with van der Waals surface area (Å²) in [6.45, 7) is 0. The molecule has 8 heteroatoms. The number of rotatable bonds is 5. The molecule has 110 valence electrons. The number of hydrogen-bond donors (Lipinski definition) is 2. The number of hydrogen-bond acceptors (Lipinski definition) is 5. The summed E-state index contributed by atoms with van der Waals surface area (Å²) in [4.78, 5) is 19.9. The minimum Gasteiger partial charge on any atom is -0.381 e. The Hall–Kier alpha value is -1.50. The minimum absolute atomic E-state index is 0.158. The topological polar surface area (TPSA) is 80.9 Å². The van der Waals surface area contributed by atoms with Crippen LogP contribution in [0.2, 0.25) is 10.0 Å². The third-order valence-corrected chi connectivity index (χ3v) is 4.02. The lowest BCUT2D eigenvalue weighted by Gasteiger charge is -2.07. The Morgan fingerprint density at radius 2 is 2.05 bits per heavy atom. The van der Waals surface area contributed by atoms with E-state index in [-0.39, 0.29) is 5.91 Å². The molecule has 21 heavy (non-hydrogen) atoms. The zero-order chi connectivity index (χ0) is 15.2. The molecule has 0 bridgehead atoms. The molecule has 0 aliphatic carbocycles. The van der Waals surface area contributed by atoms with E-state index in [9.17, 15) is 4.79 Å². The maximum Gasteiger partial charge on any atom is 0.225 e. The first-order valence-corrected chi connectivity index (χ1v) is 7.74. The molecule has 1 amide bonds. The summed E-state index contributed by atoms with van der Waals surface area (Å²) in [7, 11) is 0. The molecule has 3 N–H and O–H groups in total. The second-order valence-corrected chi connectivity index (χ2v) is 5.94. The Labute approximate surface area is 136 Å². The number of carbonyl (C=O) groups is 1. The van der Waals surface area contributed by atoms with Crippen LogP contribution in [-0.4, -0.2) is 21.6 Å². The Bertz CT molecular complexity index is 654. The van der Waals surface area contributed by atoms with Crippen LogP contribution in [0.4, 0.5) is 11.5 Å². The van der Waals surface area contributed by atoms with Crippen molar-refractivity contribution in [3.8, 4) is 0 Å². The van der Waals surface area contributed by atoms with Crippen molar-refractivity contribution in [2.45, 2.75) is 11.4 Å². The van der Waals surface area contributed by atoms with E-state index >= 15 is 0 Å². The summed E-state index contributed by atoms with van der Waals surface area (Å²) < 4.78 is 0. The summed E-state index contributed by atoms with van der Waals surface area (Å²) in [6, 6.07) is 4.90. The zero-order valence-corrected chi connectivity index (χ0v) is 13.2. The lowest BCUT2D eigenvalue weighted by atomic mass is 10.3. The highest BCUT2D eigenvalue weighted by atomic mass is 35.5. The van der Waals surface area contributed by atoms with E-state index in [1.54, 1.807) is 24.4 Å². The van der Waals surface area contributed by atoms with E-state index in [2.05, 4.69) is 15.3 Å². The average Bonchev–Trinajstić information content (AvgIpc) is 2.45. The minimum atomic E-state index is -0.158. The first-order chi connectivity index (χ1) is 10.1. The predicted molar refractivity (Wildman–Crippen MR) is 86.9 cm³/mol. The molecule has 0 atom stereocenters. The van der Waals surface area contributed by atoms with Gasteiger partial charge in [0.2, 0.25) is 5.91 Å². The van der Waals surface area contributed by atoms with Gasteiger partial charge in [0.25, 0.3) is 0 Å². The van der Waals surface area contributed by atoms with Gasteiger partial charge >= 0.3 is 0 Å². The third-order valence-electron chi connectivity index (χ3n) is 2.46. The van der Waals surface area contributed by atoms with E-state index in [4.69, 9.17) is 28.9 Å². The monoisotopic (exact) mass is 342 g/mol. The zero-order valence-electron chi connectivity index (χ0n) is 10.8. The van der Waals surface area contributed by atoms with Crippen molar-refractivity contribution in [1.82, 2.24) is 9.97 Å². The molecule has 0 fully saturated rings. The summed E-state index contributed by atoms with van der Waals surface area (Å²) in [5.41, 5.74) is 6.17. The molecule has 1 aromatic carbocycles. The highest BCUT2D eigenvalue weighted by molar-refractivity contribution is 7.99. The van der Waals surface area contributed by atoms with E-state index in [0.717, 1.165) is 0 Å². The SMILES string of the molecule is Nc1nccnc1SCCC(=O)Nc1cc(Cl)ccc1Cl. The van der Waals surface area contributed by atoms with Gasteiger partial charge in [0.15, 0.2) is 5.82 Å². The van der Waals surface area contributed by atoms with Crippen molar-refractivity contribution in [2.75, 3.05) is 16.8 Å². The van der Waals surface area contributed by atoms with Gasteiger partial charge < -0.3 is 11.1 Å². The molecule has 0 unspecified atom stereocenters. The number of halogens is 2. The number of nitrogen functional groups attached to an aromatic ring is 1. The van der Waals surface area contributed by atoms with Crippen LogP contribution in [0, 0.1) is 0 Å². The fourth-order valence-electron chi connectivity index (χ4n) is 1.49. The van der Waals surface area contributed by atoms with Gasteiger partial charge in [-0.25, -0.2) is 9.97 Å². The molecule has 0 aliphatic heterocycles. The number of carbonyl (C=O) groups excluding carboxylic acids is 1. The van der Waals surface area contributed by atoms with E-state index in [1.165, 1.54) is 18.0 Å². The number of aromatic nitrogens is 2. The van der Waals surface area contributed by atoms with Crippen molar-refractivity contribution in [3.63, 3.8) is 0 Å². The molecule has 2 rings (SSSR count). The Morgan fingerprint density at radius 3 is 2.81 bits per heavy atom. The van der Waals surface area contributed by atoms with Crippen LogP contribution in [0.5, 0.6) is 0 Å². The number of thioether (sulfide) groups is 1. The standard InChI is InChI=1S/C13H12Cl2N4OS/c14-8-1-2-9(15)10(7-8)19-11(20)3-6-21-13-12(16)17-4-5-18-13/h1-2,4-5,7H,3,6H2,(H2,16,17)(H,19,20). The largest absolute Gasteiger partial charge is 0.381 e. The number of nitrogens with zero attached hydrogens (tertiary/aromatic N) is 2. The average molecular weight is 343 g/mol. The summed E-state index contributed by atoms with van der Waals surface area (Å²) in [5, 5.41) is 4.29. The van der Waals surface area contributed by atoms with Gasteiger partial charge in [-0.05, 0) is 18.2 Å². The fourth-order valence-corrected chi connectivity index (χ4v) is 2.65. The summed E-state index contributed by atoms with van der Waals surface area (Å²) in [5.74, 6) is 0.738. The van der Waals surface area contributed by atoms with Crippen molar-refractivity contribution < 1.29 is 4.79 Å². The molecule has 0 saturated heterocycles. The molecule has 1 aromatic heterocycles. The summed E-state index contributed by atoms with van der Waals surface area (Å²) in [6.07, 6.45) is 3.38. The Morgan fingerprint density at radius 1 is 1.29 bits per heavy atom. The maximum atomic E-state index is 11.9. The molecular formula is C13H12Cl2N4OS. The van der Waals surface area contributed by atoms with Gasteiger partial charge in [-0.2, -0.15) is 0 Å². The van der Waals surface area contributed by atoms with Gasteiger partial charge in [-0.15, -0.1) is 11.8 Å². The second-order valence-electron chi connectivity index (χ2n) is 4.02. The normalized spacial score (nSPS) is 10.4. The van der Waals surface area contributed by atoms with Gasteiger partial charge in [-0.3, -0.25) is 4.79 Å². The second kappa shape index (κ2) is 7.49. The number of nitrogens with one attached hydrogen (secondary N) is 1. The van der Waals surface area contributed by atoms with Crippen molar-refractivity contribution >= 4 is 52.4 Å². The van der Waals surface area contributed by atoms with Gasteiger partial charge in [0, 0.05) is 29.6 Å². The lowest BCUT2D eigenvalue weighted by molar-refractivity contribution is -0.115. The van der Waals surface area contributed by atoms with Gasteiger partial charge in [0.05, 0.1) is 10.7 Å². The van der Waals surface area contributed by atoms with E-state index in [0.29, 0.717) is 38.8 Å². The van der Waals surface area contributed by atoms with Crippen LogP contribution >= 0.6 is 35.0 Å². The molecule has 0 spiro atoms. The maximum absolute atomic E-state index is 11.9. The quantitative estimate of drug-likeness (QED) is 0.813. The number of benzene rings is 1. The van der Waals surface area contributed by atoms with Gasteiger partial charge in [0.1, 0.15) is 5.03 Å². The van der Waals surface area contributed by atoms with E-state index < -0.39 is 0 Å². The van der Waals surface area contributed by atoms with Crippen LogP contribution in [0.1, 0.15) is 6.42 Å². The molecule has 5 nitrogen and oxygen atoms in total. The molecule has 0 radical (unpaired) electrons. The van der Waals surface area contributed by atoms with Crippen LogP contribution in [0.25, 0.3) is 0 Å². The third kappa shape index (κ3) is 4.77. The van der Waals surface area contributed by atoms with E-state index in [1.807, 2.05) is 0 Å². The Balaban J connectivity index is 1.85. The van der Waals surface area contributed by atoms with Crippen LogP contribution < -0.4 is 11.1 Å². The summed E-state index contributed by atoms with van der Waals surface area (Å²) >= 11 is 13.2. The van der Waals surface area contributed by atoms with Crippen molar-refractivity contribution in [3.05, 3.63) is 40.6 Å². The first kappa shape index (κ1) is 15.9. The van der Waals surface area contributed by atoms with Crippen molar-refractivity contribution in [1.29, 1.82) is 0 Å². The predicted octanol–water partition coefficient (Wildman–Crippen LogP) is 3.49. The molecule has 1 heterocycles. The highest BCUT2D eigenvalue weighted by Crippen LogP contribution is 2.26. The fraction of sp³-hybridized carbons (Fsp3) is 0.154. The number of nitrogens with two attached hydrogens (primary N) is 1. The molecular weight excluding hydrogens is 331 g/mol. The van der Waals surface area contributed by atoms with Crippen LogP contribution in [0.15, 0.2) is 35.6 Å². The van der Waals surface area contributed by atoms with Crippen molar-refractivity contribution in [2.24, 2.45) is 0 Å². The molecule has 0 aliphatic rings.